The summed E-state index contributed by atoms with van der Waals surface area (Å²) in [4.78, 5) is 37.7. The van der Waals surface area contributed by atoms with Gasteiger partial charge in [0.15, 0.2) is 6.10 Å². The molecule has 0 aromatic heterocycles. The van der Waals surface area contributed by atoms with E-state index in [0.717, 1.165) is 103 Å². The van der Waals surface area contributed by atoms with Crippen molar-refractivity contribution in [3.8, 4) is 0 Å². The quantitative estimate of drug-likeness (QED) is 0.0204. The van der Waals surface area contributed by atoms with E-state index in [2.05, 4.69) is 81.5 Å². The fourth-order valence-corrected chi connectivity index (χ4v) is 5.87. The van der Waals surface area contributed by atoms with E-state index in [-0.39, 0.29) is 31.1 Å². The van der Waals surface area contributed by atoms with Gasteiger partial charge in [-0.25, -0.2) is 0 Å². The summed E-state index contributed by atoms with van der Waals surface area (Å²) < 4.78 is 16.7. The second-order valence-electron chi connectivity index (χ2n) is 14.6. The molecule has 0 saturated heterocycles. The van der Waals surface area contributed by atoms with Gasteiger partial charge in [-0.15, -0.1) is 0 Å². The van der Waals surface area contributed by atoms with E-state index < -0.39 is 6.10 Å². The molecule has 54 heavy (non-hydrogen) atoms. The standard InChI is InChI=1S/C48H82O6/c1-4-7-10-13-16-19-22-23-24-25-27-29-32-35-38-41-47(50)53-44-45(43-52-46(49)40-37-34-31-28-21-18-15-12-9-6-3)54-48(51)42-39-36-33-30-26-20-17-14-11-8-5-2/h7,10,13-19,22,45H,4-6,8-9,11-12,20-21,23-44H2,1-3H3/b10-7-,16-13-,17-14-,18-15-,22-19-. The van der Waals surface area contributed by atoms with Crippen LogP contribution in [0.1, 0.15) is 207 Å². The minimum absolute atomic E-state index is 0.0882. The summed E-state index contributed by atoms with van der Waals surface area (Å²) >= 11 is 0. The van der Waals surface area contributed by atoms with Crippen LogP contribution in [0.4, 0.5) is 0 Å². The monoisotopic (exact) mass is 755 g/mol. The maximum atomic E-state index is 12.7. The summed E-state index contributed by atoms with van der Waals surface area (Å²) in [7, 11) is 0. The molecule has 0 aliphatic heterocycles. The second kappa shape index (κ2) is 42.8. The Labute approximate surface area is 332 Å². The molecule has 0 aromatic carbocycles. The van der Waals surface area contributed by atoms with Crippen molar-refractivity contribution in [2.75, 3.05) is 13.2 Å². The van der Waals surface area contributed by atoms with Crippen molar-refractivity contribution < 1.29 is 28.6 Å². The highest BCUT2D eigenvalue weighted by Gasteiger charge is 2.19. The predicted octanol–water partition coefficient (Wildman–Crippen LogP) is 14.1. The summed E-state index contributed by atoms with van der Waals surface area (Å²) in [5.41, 5.74) is 0. The molecule has 0 N–H and O–H groups in total. The Hall–Kier alpha value is -2.89. The fourth-order valence-electron chi connectivity index (χ4n) is 5.87. The third-order valence-electron chi connectivity index (χ3n) is 9.29. The molecule has 1 unspecified atom stereocenters. The lowest BCUT2D eigenvalue weighted by atomic mass is 10.1. The third kappa shape index (κ3) is 40.3. The highest BCUT2D eigenvalue weighted by Crippen LogP contribution is 2.13. The average Bonchev–Trinajstić information content (AvgIpc) is 3.17. The first-order valence-electron chi connectivity index (χ1n) is 22.3. The topological polar surface area (TPSA) is 78.9 Å². The molecule has 6 nitrogen and oxygen atoms in total. The second-order valence-corrected chi connectivity index (χ2v) is 14.6. The largest absolute Gasteiger partial charge is 0.462 e. The highest BCUT2D eigenvalue weighted by molar-refractivity contribution is 5.71. The first-order valence-corrected chi connectivity index (χ1v) is 22.3. The van der Waals surface area contributed by atoms with Gasteiger partial charge >= 0.3 is 17.9 Å². The zero-order valence-electron chi connectivity index (χ0n) is 35.2. The minimum Gasteiger partial charge on any atom is -0.462 e. The average molecular weight is 755 g/mol. The lowest BCUT2D eigenvalue weighted by Crippen LogP contribution is -2.30. The maximum absolute atomic E-state index is 12.7. The number of unbranched alkanes of at least 4 members (excludes halogenated alkanes) is 20. The molecule has 0 saturated carbocycles. The molecular weight excluding hydrogens is 673 g/mol. The predicted molar refractivity (Wildman–Crippen MR) is 228 cm³/mol. The van der Waals surface area contributed by atoms with Crippen LogP contribution in [0.25, 0.3) is 0 Å². The lowest BCUT2D eigenvalue weighted by molar-refractivity contribution is -0.167. The number of hydrogen-bond acceptors (Lipinski definition) is 6. The molecule has 0 amide bonds. The van der Waals surface area contributed by atoms with Crippen molar-refractivity contribution in [1.82, 2.24) is 0 Å². The van der Waals surface area contributed by atoms with E-state index in [1.807, 2.05) is 0 Å². The Morgan fingerprint density at radius 1 is 0.389 bits per heavy atom. The van der Waals surface area contributed by atoms with Gasteiger partial charge in [0, 0.05) is 19.3 Å². The van der Waals surface area contributed by atoms with Crippen LogP contribution >= 0.6 is 0 Å². The van der Waals surface area contributed by atoms with Crippen LogP contribution in [0.15, 0.2) is 60.8 Å². The molecule has 0 spiro atoms. The Kier molecular flexibility index (Phi) is 40.6. The SMILES string of the molecule is CC\C=C/C=C\C=C/CCCCCCCCCC(=O)OCC(COC(=O)CCCCCC/C=C\CCCC)OC(=O)CCCCCCC/C=C\CCCC. The molecule has 0 radical (unpaired) electrons. The van der Waals surface area contributed by atoms with Crippen LogP contribution in [0.2, 0.25) is 0 Å². The van der Waals surface area contributed by atoms with Gasteiger partial charge in [0.25, 0.3) is 0 Å². The number of rotatable bonds is 39. The zero-order valence-corrected chi connectivity index (χ0v) is 35.2. The van der Waals surface area contributed by atoms with E-state index in [1.165, 1.54) is 64.2 Å². The Bertz CT molecular complexity index is 1010. The third-order valence-corrected chi connectivity index (χ3v) is 9.29. The zero-order chi connectivity index (χ0) is 39.4. The molecular formula is C48H82O6. The van der Waals surface area contributed by atoms with Crippen LogP contribution in [-0.2, 0) is 28.6 Å². The summed E-state index contributed by atoms with van der Waals surface area (Å²) in [6.07, 6.45) is 50.6. The van der Waals surface area contributed by atoms with Crippen LogP contribution in [0, 0.1) is 0 Å². The van der Waals surface area contributed by atoms with Gasteiger partial charge in [-0.1, -0.05) is 171 Å². The summed E-state index contributed by atoms with van der Waals surface area (Å²) in [6.45, 7) is 6.38. The Balaban J connectivity index is 4.40. The molecule has 0 rings (SSSR count). The molecule has 0 aliphatic carbocycles. The number of carbonyl (C=O) groups is 3. The Morgan fingerprint density at radius 3 is 1.17 bits per heavy atom. The van der Waals surface area contributed by atoms with Gasteiger partial charge in [0.2, 0.25) is 0 Å². The molecule has 0 heterocycles. The van der Waals surface area contributed by atoms with Gasteiger partial charge in [-0.05, 0) is 77.0 Å². The first-order chi connectivity index (χ1) is 26.5. The highest BCUT2D eigenvalue weighted by atomic mass is 16.6. The van der Waals surface area contributed by atoms with Crippen molar-refractivity contribution in [1.29, 1.82) is 0 Å². The molecule has 1 atom stereocenters. The Morgan fingerprint density at radius 2 is 0.741 bits per heavy atom. The van der Waals surface area contributed by atoms with E-state index in [4.69, 9.17) is 14.2 Å². The molecule has 310 valence electrons. The van der Waals surface area contributed by atoms with Gasteiger partial charge in [-0.2, -0.15) is 0 Å². The summed E-state index contributed by atoms with van der Waals surface area (Å²) in [5.74, 6) is -0.928. The maximum Gasteiger partial charge on any atom is 0.306 e. The molecule has 0 aliphatic rings. The summed E-state index contributed by atoms with van der Waals surface area (Å²) in [6, 6.07) is 0. The van der Waals surface area contributed by atoms with Gasteiger partial charge < -0.3 is 14.2 Å². The fraction of sp³-hybridized carbons (Fsp3) is 0.729. The number of esters is 3. The van der Waals surface area contributed by atoms with Crippen molar-refractivity contribution in [2.24, 2.45) is 0 Å². The first kappa shape index (κ1) is 51.1. The smallest absolute Gasteiger partial charge is 0.306 e. The van der Waals surface area contributed by atoms with Crippen LogP contribution in [-0.4, -0.2) is 37.2 Å². The van der Waals surface area contributed by atoms with E-state index in [0.29, 0.717) is 19.3 Å². The molecule has 0 aromatic rings. The van der Waals surface area contributed by atoms with Crippen LogP contribution in [0.5, 0.6) is 0 Å². The van der Waals surface area contributed by atoms with E-state index in [1.54, 1.807) is 0 Å². The van der Waals surface area contributed by atoms with Gasteiger partial charge in [-0.3, -0.25) is 14.4 Å². The molecule has 6 heteroatoms. The normalized spacial score (nSPS) is 12.6. The number of carbonyl (C=O) groups excluding carboxylic acids is 3. The summed E-state index contributed by atoms with van der Waals surface area (Å²) in [5, 5.41) is 0. The number of hydrogen-bond donors (Lipinski definition) is 0. The minimum atomic E-state index is -0.784. The van der Waals surface area contributed by atoms with Crippen molar-refractivity contribution >= 4 is 17.9 Å². The van der Waals surface area contributed by atoms with Crippen LogP contribution in [0.3, 0.4) is 0 Å². The van der Waals surface area contributed by atoms with Crippen molar-refractivity contribution in [3.05, 3.63) is 60.8 Å². The van der Waals surface area contributed by atoms with E-state index in [9.17, 15) is 14.4 Å². The number of allylic oxidation sites excluding steroid dienone is 10. The van der Waals surface area contributed by atoms with Gasteiger partial charge in [0.1, 0.15) is 13.2 Å². The van der Waals surface area contributed by atoms with Crippen molar-refractivity contribution in [2.45, 2.75) is 213 Å². The lowest BCUT2D eigenvalue weighted by Gasteiger charge is -2.18. The van der Waals surface area contributed by atoms with E-state index >= 15 is 0 Å². The molecule has 0 fully saturated rings. The van der Waals surface area contributed by atoms with Crippen molar-refractivity contribution in [3.63, 3.8) is 0 Å². The van der Waals surface area contributed by atoms with Gasteiger partial charge in [0.05, 0.1) is 0 Å². The van der Waals surface area contributed by atoms with Crippen LogP contribution < -0.4 is 0 Å². The molecule has 0 bridgehead atoms. The number of ether oxygens (including phenoxy) is 3.